The fraction of sp³-hybridized carbons (Fsp3) is 0.125. The van der Waals surface area contributed by atoms with Crippen LogP contribution in [0.25, 0.3) is 0 Å². The number of aromatic nitrogens is 2. The predicted molar refractivity (Wildman–Crippen MR) is 124 cm³/mol. The summed E-state index contributed by atoms with van der Waals surface area (Å²) in [6.07, 6.45) is 5.22. The maximum Gasteiger partial charge on any atom is 1.00 e. The Labute approximate surface area is 192 Å². The lowest BCUT2D eigenvalue weighted by Gasteiger charge is -2.20. The smallest absolute Gasteiger partial charge is 0.367 e. The molecule has 0 saturated heterocycles. The monoisotopic (exact) mass is 455 g/mol. The van der Waals surface area contributed by atoms with E-state index in [9.17, 15) is 0 Å². The van der Waals surface area contributed by atoms with Gasteiger partial charge in [0.2, 0.25) is 0 Å². The summed E-state index contributed by atoms with van der Waals surface area (Å²) in [5.41, 5.74) is 2.01. The molecule has 1 heterocycles. The lowest BCUT2D eigenvalue weighted by Crippen LogP contribution is -2.12. The number of hydrogen-bond acceptors (Lipinski definition) is 3. The van der Waals surface area contributed by atoms with Gasteiger partial charge in [-0.2, -0.15) is 0 Å². The van der Waals surface area contributed by atoms with Gasteiger partial charge in [0.15, 0.2) is 0 Å². The number of rotatable bonds is 8. The molecule has 3 aromatic carbocycles. The topological polar surface area (TPSA) is 27.1 Å². The SMILES string of the molecule is Clc1ccc([C@@H](Cn2ccnc2)OCc2ccc(Sc3ccccc3)cc2)c(Cl)c1.[H+]. The van der Waals surface area contributed by atoms with E-state index in [0.29, 0.717) is 23.2 Å². The first-order chi connectivity index (χ1) is 14.7. The van der Waals surface area contributed by atoms with E-state index in [1.54, 1.807) is 30.4 Å². The van der Waals surface area contributed by atoms with Crippen molar-refractivity contribution in [3.8, 4) is 0 Å². The van der Waals surface area contributed by atoms with Crippen LogP contribution in [0, 0.1) is 0 Å². The first-order valence-electron chi connectivity index (χ1n) is 9.51. The molecule has 0 radical (unpaired) electrons. The van der Waals surface area contributed by atoms with Crippen molar-refractivity contribution in [1.29, 1.82) is 0 Å². The van der Waals surface area contributed by atoms with Crippen LogP contribution >= 0.6 is 35.0 Å². The van der Waals surface area contributed by atoms with Gasteiger partial charge < -0.3 is 9.30 Å². The van der Waals surface area contributed by atoms with E-state index < -0.39 is 0 Å². The van der Waals surface area contributed by atoms with Gasteiger partial charge in [0.1, 0.15) is 6.10 Å². The molecular formula is C24H21Cl2N2OS+. The standard InChI is InChI=1S/C24H20Cl2N2OS/c25-19-8-11-22(23(26)14-19)24(15-28-13-12-27-17-28)29-16-18-6-9-21(10-7-18)30-20-4-2-1-3-5-20/h1-14,17,24H,15-16H2/p+1/t24-/m1/s1. The van der Waals surface area contributed by atoms with Crippen molar-refractivity contribution >= 4 is 35.0 Å². The van der Waals surface area contributed by atoms with Crippen molar-refractivity contribution in [1.82, 2.24) is 9.55 Å². The summed E-state index contributed by atoms with van der Waals surface area (Å²) in [6, 6.07) is 24.3. The Morgan fingerprint density at radius 1 is 0.967 bits per heavy atom. The maximum absolute atomic E-state index is 6.45. The second kappa shape index (κ2) is 10.2. The van der Waals surface area contributed by atoms with E-state index in [4.69, 9.17) is 27.9 Å². The maximum atomic E-state index is 6.45. The normalized spacial score (nSPS) is 12.1. The molecule has 3 nitrogen and oxygen atoms in total. The van der Waals surface area contributed by atoms with Crippen molar-refractivity contribution < 1.29 is 6.16 Å². The molecule has 0 bridgehead atoms. The van der Waals surface area contributed by atoms with E-state index in [-0.39, 0.29) is 7.53 Å². The fourth-order valence-corrected chi connectivity index (χ4v) is 4.43. The molecule has 6 heteroatoms. The van der Waals surface area contributed by atoms with Gasteiger partial charge in [-0.15, -0.1) is 0 Å². The van der Waals surface area contributed by atoms with E-state index in [2.05, 4.69) is 41.4 Å². The molecular weight excluding hydrogens is 435 g/mol. The highest BCUT2D eigenvalue weighted by Crippen LogP contribution is 2.31. The van der Waals surface area contributed by atoms with Crippen molar-refractivity contribution in [3.63, 3.8) is 0 Å². The molecule has 0 unspecified atom stereocenters. The van der Waals surface area contributed by atoms with Gasteiger partial charge in [0.25, 0.3) is 0 Å². The zero-order chi connectivity index (χ0) is 20.8. The molecule has 4 rings (SSSR count). The van der Waals surface area contributed by atoms with Crippen molar-refractivity contribution in [2.45, 2.75) is 29.0 Å². The van der Waals surface area contributed by atoms with Gasteiger partial charge in [-0.25, -0.2) is 4.98 Å². The molecule has 4 aromatic rings. The summed E-state index contributed by atoms with van der Waals surface area (Å²) >= 11 is 14.3. The lowest BCUT2D eigenvalue weighted by molar-refractivity contribution is 0.0280. The summed E-state index contributed by atoms with van der Waals surface area (Å²) in [4.78, 5) is 6.54. The highest BCUT2D eigenvalue weighted by atomic mass is 35.5. The summed E-state index contributed by atoms with van der Waals surface area (Å²) in [5, 5.41) is 1.21. The van der Waals surface area contributed by atoms with Gasteiger partial charge in [0, 0.05) is 37.8 Å². The number of benzene rings is 3. The van der Waals surface area contributed by atoms with Crippen LogP contribution in [0.1, 0.15) is 18.7 Å². The van der Waals surface area contributed by atoms with E-state index in [0.717, 1.165) is 11.1 Å². The Morgan fingerprint density at radius 2 is 1.73 bits per heavy atom. The van der Waals surface area contributed by atoms with Crippen LogP contribution in [0.2, 0.25) is 10.0 Å². The van der Waals surface area contributed by atoms with Gasteiger partial charge in [-0.3, -0.25) is 0 Å². The van der Waals surface area contributed by atoms with Gasteiger partial charge in [-0.05, 0) is 42.0 Å². The summed E-state index contributed by atoms with van der Waals surface area (Å²) in [5.74, 6) is 0. The fourth-order valence-electron chi connectivity index (χ4n) is 3.06. The molecule has 0 N–H and O–H groups in total. The van der Waals surface area contributed by atoms with Crippen molar-refractivity contribution in [3.05, 3.63) is 113 Å². The Bertz CT molecular complexity index is 1080. The molecule has 0 saturated carbocycles. The molecule has 152 valence electrons. The van der Waals surface area contributed by atoms with Crippen LogP contribution in [0.4, 0.5) is 0 Å². The second-order valence-electron chi connectivity index (χ2n) is 6.78. The summed E-state index contributed by atoms with van der Waals surface area (Å²) in [6.45, 7) is 1.10. The van der Waals surface area contributed by atoms with Crippen LogP contribution in [-0.4, -0.2) is 9.55 Å². The first kappa shape index (κ1) is 21.0. The molecule has 1 atom stereocenters. The van der Waals surface area contributed by atoms with E-state index in [1.807, 2.05) is 41.1 Å². The summed E-state index contributed by atoms with van der Waals surface area (Å²) in [7, 11) is 0. The quantitative estimate of drug-likeness (QED) is 0.276. The Kier molecular flexibility index (Phi) is 7.13. The number of halogens is 2. The number of ether oxygens (including phenoxy) is 1. The lowest BCUT2D eigenvalue weighted by atomic mass is 10.1. The van der Waals surface area contributed by atoms with Gasteiger partial charge in [-0.1, -0.05) is 71.4 Å². The second-order valence-corrected chi connectivity index (χ2v) is 8.77. The average Bonchev–Trinajstić information content (AvgIpc) is 3.26. The molecule has 0 fully saturated rings. The molecule has 0 aliphatic carbocycles. The van der Waals surface area contributed by atoms with Gasteiger partial charge in [0.05, 0.1) is 19.5 Å². The van der Waals surface area contributed by atoms with E-state index >= 15 is 0 Å². The third-order valence-electron chi connectivity index (χ3n) is 4.60. The molecule has 0 aliphatic heterocycles. The highest BCUT2D eigenvalue weighted by Gasteiger charge is 2.17. The Hall–Kier alpha value is -2.24. The molecule has 0 spiro atoms. The van der Waals surface area contributed by atoms with Crippen LogP contribution < -0.4 is 0 Å². The third-order valence-corrected chi connectivity index (χ3v) is 6.18. The molecule has 0 amide bonds. The third kappa shape index (κ3) is 5.67. The zero-order valence-corrected chi connectivity index (χ0v) is 18.4. The minimum atomic E-state index is -0.220. The van der Waals surface area contributed by atoms with Crippen molar-refractivity contribution in [2.75, 3.05) is 0 Å². The Balaban J connectivity index is 0.00000272. The summed E-state index contributed by atoms with van der Waals surface area (Å²) < 4.78 is 8.26. The van der Waals surface area contributed by atoms with Crippen LogP contribution in [-0.2, 0) is 17.9 Å². The van der Waals surface area contributed by atoms with Crippen LogP contribution in [0.3, 0.4) is 0 Å². The van der Waals surface area contributed by atoms with Crippen LogP contribution in [0.15, 0.2) is 101 Å². The highest BCUT2D eigenvalue weighted by molar-refractivity contribution is 7.99. The minimum Gasteiger partial charge on any atom is -0.367 e. The molecule has 30 heavy (non-hydrogen) atoms. The molecule has 0 aliphatic rings. The minimum absolute atomic E-state index is 0. The van der Waals surface area contributed by atoms with Crippen LogP contribution in [0.5, 0.6) is 0 Å². The van der Waals surface area contributed by atoms with Gasteiger partial charge >= 0.3 is 1.43 Å². The predicted octanol–water partition coefficient (Wildman–Crippen LogP) is 7.41. The number of nitrogens with zero attached hydrogens (tertiary/aromatic N) is 2. The zero-order valence-electron chi connectivity index (χ0n) is 17.1. The largest absolute Gasteiger partial charge is 1.00 e. The van der Waals surface area contributed by atoms with Crippen molar-refractivity contribution in [2.24, 2.45) is 0 Å². The van der Waals surface area contributed by atoms with E-state index in [1.165, 1.54) is 9.79 Å². The number of hydrogen-bond donors (Lipinski definition) is 0. The first-order valence-corrected chi connectivity index (χ1v) is 11.1. The Morgan fingerprint density at radius 3 is 2.43 bits per heavy atom. The average molecular weight is 456 g/mol. The molecule has 1 aromatic heterocycles. The number of imidazole rings is 1.